The van der Waals surface area contributed by atoms with E-state index in [1.165, 1.54) is 6.07 Å². The predicted octanol–water partition coefficient (Wildman–Crippen LogP) is 4.79. The Morgan fingerprint density at radius 1 is 1.14 bits per heavy atom. The van der Waals surface area contributed by atoms with Crippen LogP contribution in [0.3, 0.4) is 0 Å². The summed E-state index contributed by atoms with van der Waals surface area (Å²) in [5.41, 5.74) is -0.373. The van der Waals surface area contributed by atoms with Crippen LogP contribution in [-0.4, -0.2) is 4.92 Å². The van der Waals surface area contributed by atoms with Gasteiger partial charge in [-0.2, -0.15) is 4.39 Å². The van der Waals surface area contributed by atoms with Crippen LogP contribution in [0.2, 0.25) is 10.0 Å². The van der Waals surface area contributed by atoms with Crippen LogP contribution in [0.25, 0.3) is 0 Å². The molecule has 8 heteroatoms. The lowest BCUT2D eigenvalue weighted by molar-refractivity contribution is -0.387. The first kappa shape index (κ1) is 15.5. The summed E-state index contributed by atoms with van der Waals surface area (Å²) in [5.74, 6) is -2.16. The summed E-state index contributed by atoms with van der Waals surface area (Å²) in [5, 5.41) is 14.1. The number of halogens is 4. The van der Waals surface area contributed by atoms with Gasteiger partial charge >= 0.3 is 5.69 Å². The van der Waals surface area contributed by atoms with Crippen LogP contribution in [0, 0.1) is 21.7 Å². The SMILES string of the molecule is O=[N+]([O-])c1cc(NCc2ccc(Cl)cc2Cl)c(F)cc1F. The fraction of sp³-hybridized carbons (Fsp3) is 0.0769. The van der Waals surface area contributed by atoms with Gasteiger partial charge in [0.25, 0.3) is 0 Å². The number of nitro benzene ring substituents is 1. The molecule has 4 nitrogen and oxygen atoms in total. The van der Waals surface area contributed by atoms with E-state index < -0.39 is 22.2 Å². The van der Waals surface area contributed by atoms with Gasteiger partial charge in [-0.15, -0.1) is 0 Å². The zero-order chi connectivity index (χ0) is 15.6. The maximum Gasteiger partial charge on any atom is 0.307 e. The minimum atomic E-state index is -1.23. The number of rotatable bonds is 4. The van der Waals surface area contributed by atoms with Crippen molar-refractivity contribution in [3.05, 3.63) is 67.7 Å². The lowest BCUT2D eigenvalue weighted by atomic mass is 10.2. The number of nitrogens with one attached hydrogen (secondary N) is 1. The summed E-state index contributed by atoms with van der Waals surface area (Å²) in [7, 11) is 0. The quantitative estimate of drug-likeness (QED) is 0.646. The lowest BCUT2D eigenvalue weighted by Gasteiger charge is -2.09. The maximum atomic E-state index is 13.6. The molecule has 0 aromatic heterocycles. The molecule has 0 amide bonds. The molecule has 1 N–H and O–H groups in total. The zero-order valence-electron chi connectivity index (χ0n) is 10.4. The molecule has 2 rings (SSSR count). The minimum absolute atomic E-state index is 0.107. The van der Waals surface area contributed by atoms with Crippen molar-refractivity contribution in [3.63, 3.8) is 0 Å². The molecule has 0 unspecified atom stereocenters. The van der Waals surface area contributed by atoms with E-state index in [0.29, 0.717) is 21.7 Å². The summed E-state index contributed by atoms with van der Waals surface area (Å²) in [6.45, 7) is 0.107. The number of nitrogens with zero attached hydrogens (tertiary/aromatic N) is 1. The predicted molar refractivity (Wildman–Crippen MR) is 76.8 cm³/mol. The lowest BCUT2D eigenvalue weighted by Crippen LogP contribution is -2.04. The second-order valence-electron chi connectivity index (χ2n) is 4.13. The molecule has 0 radical (unpaired) electrons. The fourth-order valence-corrected chi connectivity index (χ4v) is 2.14. The van der Waals surface area contributed by atoms with E-state index in [-0.39, 0.29) is 12.2 Å². The molecule has 0 saturated carbocycles. The van der Waals surface area contributed by atoms with E-state index >= 15 is 0 Å². The van der Waals surface area contributed by atoms with Crippen molar-refractivity contribution in [2.24, 2.45) is 0 Å². The molecule has 0 saturated heterocycles. The molecule has 0 atom stereocenters. The molecule has 0 bridgehead atoms. The van der Waals surface area contributed by atoms with Gasteiger partial charge in [0, 0.05) is 28.7 Å². The van der Waals surface area contributed by atoms with Gasteiger partial charge in [0.15, 0.2) is 0 Å². The molecule has 0 aliphatic carbocycles. The molecule has 21 heavy (non-hydrogen) atoms. The van der Waals surface area contributed by atoms with Gasteiger partial charge in [0.05, 0.1) is 10.6 Å². The van der Waals surface area contributed by atoms with E-state index in [1.807, 2.05) is 0 Å². The molecule has 0 heterocycles. The topological polar surface area (TPSA) is 55.2 Å². The van der Waals surface area contributed by atoms with Gasteiger partial charge in [0.1, 0.15) is 5.82 Å². The number of hydrogen-bond acceptors (Lipinski definition) is 3. The van der Waals surface area contributed by atoms with Gasteiger partial charge in [-0.05, 0) is 17.7 Å². The molecular formula is C13H8Cl2F2N2O2. The minimum Gasteiger partial charge on any atom is -0.378 e. The number of anilines is 1. The average Bonchev–Trinajstić information content (AvgIpc) is 2.39. The van der Waals surface area contributed by atoms with Crippen molar-refractivity contribution in [2.45, 2.75) is 6.54 Å². The molecule has 0 aliphatic rings. The van der Waals surface area contributed by atoms with Gasteiger partial charge in [0.2, 0.25) is 5.82 Å². The van der Waals surface area contributed by atoms with E-state index in [4.69, 9.17) is 23.2 Å². The highest BCUT2D eigenvalue weighted by molar-refractivity contribution is 6.35. The summed E-state index contributed by atoms with van der Waals surface area (Å²) in [6, 6.07) is 6.02. The third-order valence-electron chi connectivity index (χ3n) is 2.72. The normalized spacial score (nSPS) is 10.5. The van der Waals surface area contributed by atoms with Crippen molar-refractivity contribution in [1.82, 2.24) is 0 Å². The summed E-state index contributed by atoms with van der Waals surface area (Å²) in [4.78, 5) is 9.71. The van der Waals surface area contributed by atoms with Crippen molar-refractivity contribution in [2.75, 3.05) is 5.32 Å². The maximum absolute atomic E-state index is 13.6. The fourth-order valence-electron chi connectivity index (χ4n) is 1.67. The first-order valence-corrected chi connectivity index (χ1v) is 6.45. The smallest absolute Gasteiger partial charge is 0.307 e. The monoisotopic (exact) mass is 332 g/mol. The highest BCUT2D eigenvalue weighted by Crippen LogP contribution is 2.27. The molecule has 0 fully saturated rings. The third kappa shape index (κ3) is 3.59. The number of hydrogen-bond donors (Lipinski definition) is 1. The Morgan fingerprint density at radius 2 is 1.86 bits per heavy atom. The second kappa shape index (κ2) is 6.24. The van der Waals surface area contributed by atoms with E-state index in [1.54, 1.807) is 12.1 Å². The van der Waals surface area contributed by atoms with Gasteiger partial charge in [-0.25, -0.2) is 4.39 Å². The molecule has 2 aromatic carbocycles. The number of nitro groups is 1. The summed E-state index contributed by atoms with van der Waals surface area (Å²) < 4.78 is 26.8. The van der Waals surface area contributed by atoms with Crippen LogP contribution < -0.4 is 5.32 Å². The van der Waals surface area contributed by atoms with Crippen LogP contribution >= 0.6 is 23.2 Å². The van der Waals surface area contributed by atoms with Gasteiger partial charge in [-0.3, -0.25) is 10.1 Å². The molecule has 2 aromatic rings. The first-order valence-electron chi connectivity index (χ1n) is 5.69. The molecule has 110 valence electrons. The Kier molecular flexibility index (Phi) is 4.59. The highest BCUT2D eigenvalue weighted by atomic mass is 35.5. The Hall–Kier alpha value is -1.92. The average molecular weight is 333 g/mol. The van der Waals surface area contributed by atoms with Gasteiger partial charge < -0.3 is 5.32 Å². The van der Waals surface area contributed by atoms with Crippen molar-refractivity contribution >= 4 is 34.6 Å². The Morgan fingerprint density at radius 3 is 2.48 bits per heavy atom. The van der Waals surface area contributed by atoms with Crippen LogP contribution in [0.5, 0.6) is 0 Å². The van der Waals surface area contributed by atoms with E-state index in [9.17, 15) is 18.9 Å². The van der Waals surface area contributed by atoms with Crippen LogP contribution in [0.4, 0.5) is 20.2 Å². The van der Waals surface area contributed by atoms with Crippen molar-refractivity contribution in [3.8, 4) is 0 Å². The summed E-state index contributed by atoms with van der Waals surface area (Å²) in [6.07, 6.45) is 0. The summed E-state index contributed by atoms with van der Waals surface area (Å²) >= 11 is 11.7. The Bertz CT molecular complexity index is 711. The molecule has 0 aliphatic heterocycles. The largest absolute Gasteiger partial charge is 0.378 e. The molecule has 0 spiro atoms. The second-order valence-corrected chi connectivity index (χ2v) is 4.97. The number of benzene rings is 2. The van der Waals surface area contributed by atoms with Crippen molar-refractivity contribution in [1.29, 1.82) is 0 Å². The third-order valence-corrected chi connectivity index (χ3v) is 3.30. The Balaban J connectivity index is 2.23. The van der Waals surface area contributed by atoms with Gasteiger partial charge in [-0.1, -0.05) is 29.3 Å². The zero-order valence-corrected chi connectivity index (χ0v) is 11.9. The van der Waals surface area contributed by atoms with Crippen LogP contribution in [0.15, 0.2) is 30.3 Å². The van der Waals surface area contributed by atoms with E-state index in [2.05, 4.69) is 5.32 Å². The van der Waals surface area contributed by atoms with Crippen molar-refractivity contribution < 1.29 is 13.7 Å². The first-order chi connectivity index (χ1) is 9.88. The highest BCUT2D eigenvalue weighted by Gasteiger charge is 2.18. The Labute approximate surface area is 128 Å². The van der Waals surface area contributed by atoms with Crippen LogP contribution in [0.1, 0.15) is 5.56 Å². The molecular weight excluding hydrogens is 325 g/mol. The van der Waals surface area contributed by atoms with E-state index in [0.717, 1.165) is 6.07 Å². The van der Waals surface area contributed by atoms with Crippen LogP contribution in [-0.2, 0) is 6.54 Å². The standard InChI is InChI=1S/C13H8Cl2F2N2O2/c14-8-2-1-7(9(15)3-8)6-18-12-5-13(19(20)21)11(17)4-10(12)16/h1-5,18H,6H2.